The molecule has 2 rings (SSSR count). The van der Waals surface area contributed by atoms with Crippen molar-refractivity contribution in [1.82, 2.24) is 9.88 Å². The van der Waals surface area contributed by atoms with Gasteiger partial charge in [-0.1, -0.05) is 30.3 Å². The van der Waals surface area contributed by atoms with Gasteiger partial charge >= 0.3 is 0 Å². The number of nitrogen functional groups attached to an aromatic ring is 1. The lowest BCUT2D eigenvalue weighted by Gasteiger charge is -2.25. The highest BCUT2D eigenvalue weighted by Crippen LogP contribution is 2.21. The van der Waals surface area contributed by atoms with Crippen LogP contribution in [-0.4, -0.2) is 22.8 Å². The van der Waals surface area contributed by atoms with E-state index in [1.807, 2.05) is 37.3 Å². The van der Waals surface area contributed by atoms with E-state index >= 15 is 0 Å². The minimum absolute atomic E-state index is 0.0323. The van der Waals surface area contributed by atoms with Gasteiger partial charge in [-0.2, -0.15) is 0 Å². The number of benzene rings is 1. The predicted octanol–water partition coefficient (Wildman–Crippen LogP) is 2.50. The second-order valence-electron chi connectivity index (χ2n) is 4.44. The highest BCUT2D eigenvalue weighted by atomic mass is 16.2. The van der Waals surface area contributed by atoms with E-state index in [4.69, 9.17) is 5.73 Å². The van der Waals surface area contributed by atoms with Gasteiger partial charge in [0.2, 0.25) is 0 Å². The first-order valence-corrected chi connectivity index (χ1v) is 6.14. The van der Waals surface area contributed by atoms with Crippen molar-refractivity contribution in [2.45, 2.75) is 13.0 Å². The molecule has 4 heteroatoms. The second-order valence-corrected chi connectivity index (χ2v) is 4.44. The van der Waals surface area contributed by atoms with Crippen molar-refractivity contribution < 1.29 is 4.79 Å². The molecule has 0 bridgehead atoms. The summed E-state index contributed by atoms with van der Waals surface area (Å²) < 4.78 is 0. The minimum atomic E-state index is -0.172. The molecule has 2 aromatic rings. The normalized spacial score (nSPS) is 11.9. The third-order valence-corrected chi connectivity index (χ3v) is 3.22. The van der Waals surface area contributed by atoms with Crippen LogP contribution in [0.5, 0.6) is 0 Å². The van der Waals surface area contributed by atoms with Crippen LogP contribution in [0.4, 0.5) is 5.69 Å². The average Bonchev–Trinajstić information content (AvgIpc) is 2.46. The van der Waals surface area contributed by atoms with Crippen LogP contribution in [0.15, 0.2) is 48.7 Å². The van der Waals surface area contributed by atoms with Gasteiger partial charge in [0, 0.05) is 13.2 Å². The van der Waals surface area contributed by atoms with Crippen molar-refractivity contribution in [1.29, 1.82) is 0 Å². The third-order valence-electron chi connectivity index (χ3n) is 3.22. The standard InChI is InChI=1S/C15H17N3O/c1-11(12-7-4-3-5-8-12)18(2)15(19)14-13(16)9-6-10-17-14/h3-11H,16H2,1-2H3. The number of pyridine rings is 1. The summed E-state index contributed by atoms with van der Waals surface area (Å²) in [6, 6.07) is 13.2. The molecule has 0 aliphatic rings. The van der Waals surface area contributed by atoms with E-state index in [0.717, 1.165) is 5.56 Å². The molecule has 1 aromatic carbocycles. The Bertz CT molecular complexity index is 569. The van der Waals surface area contributed by atoms with Gasteiger partial charge in [-0.15, -0.1) is 0 Å². The van der Waals surface area contributed by atoms with Gasteiger partial charge in [0.05, 0.1) is 11.7 Å². The number of nitrogens with zero attached hydrogens (tertiary/aromatic N) is 2. The lowest BCUT2D eigenvalue weighted by atomic mass is 10.1. The van der Waals surface area contributed by atoms with Crippen molar-refractivity contribution in [3.63, 3.8) is 0 Å². The molecule has 98 valence electrons. The Morgan fingerprint density at radius 1 is 1.21 bits per heavy atom. The van der Waals surface area contributed by atoms with Crippen LogP contribution < -0.4 is 5.73 Å². The largest absolute Gasteiger partial charge is 0.397 e. The van der Waals surface area contributed by atoms with Crippen molar-refractivity contribution in [3.05, 3.63) is 59.9 Å². The Morgan fingerprint density at radius 2 is 1.89 bits per heavy atom. The molecule has 1 heterocycles. The second kappa shape index (κ2) is 5.52. The molecule has 19 heavy (non-hydrogen) atoms. The fraction of sp³-hybridized carbons (Fsp3) is 0.200. The molecule has 2 N–H and O–H groups in total. The van der Waals surface area contributed by atoms with Crippen molar-refractivity contribution in [2.24, 2.45) is 0 Å². The SMILES string of the molecule is CC(c1ccccc1)N(C)C(=O)c1ncccc1N. The smallest absolute Gasteiger partial charge is 0.274 e. The molecule has 1 atom stereocenters. The zero-order valence-electron chi connectivity index (χ0n) is 11.1. The number of aromatic nitrogens is 1. The summed E-state index contributed by atoms with van der Waals surface area (Å²) in [4.78, 5) is 18.1. The summed E-state index contributed by atoms with van der Waals surface area (Å²) in [5.74, 6) is -0.172. The highest BCUT2D eigenvalue weighted by molar-refractivity contribution is 5.97. The number of amides is 1. The zero-order valence-corrected chi connectivity index (χ0v) is 11.1. The van der Waals surface area contributed by atoms with Gasteiger partial charge in [0.1, 0.15) is 0 Å². The number of rotatable bonds is 3. The minimum Gasteiger partial charge on any atom is -0.397 e. The maximum Gasteiger partial charge on any atom is 0.274 e. The summed E-state index contributed by atoms with van der Waals surface area (Å²) in [5.41, 5.74) is 7.57. The molecule has 1 aromatic heterocycles. The van der Waals surface area contributed by atoms with Crippen molar-refractivity contribution in [3.8, 4) is 0 Å². The van der Waals surface area contributed by atoms with E-state index in [1.165, 1.54) is 0 Å². The summed E-state index contributed by atoms with van der Waals surface area (Å²) >= 11 is 0. The van der Waals surface area contributed by atoms with E-state index in [0.29, 0.717) is 11.4 Å². The number of anilines is 1. The first-order chi connectivity index (χ1) is 9.11. The molecule has 0 spiro atoms. The average molecular weight is 255 g/mol. The van der Waals surface area contributed by atoms with Crippen LogP contribution in [0.2, 0.25) is 0 Å². The first kappa shape index (κ1) is 13.1. The third kappa shape index (κ3) is 2.73. The van der Waals surface area contributed by atoms with Crippen LogP contribution >= 0.6 is 0 Å². The van der Waals surface area contributed by atoms with E-state index in [9.17, 15) is 4.79 Å². The van der Waals surface area contributed by atoms with E-state index < -0.39 is 0 Å². The molecule has 0 fully saturated rings. The Labute approximate surface area is 112 Å². The molecule has 0 aliphatic heterocycles. The van der Waals surface area contributed by atoms with Crippen LogP contribution in [0.1, 0.15) is 29.0 Å². The first-order valence-electron chi connectivity index (χ1n) is 6.14. The molecule has 1 unspecified atom stereocenters. The topological polar surface area (TPSA) is 59.2 Å². The van der Waals surface area contributed by atoms with Gasteiger partial charge in [0.25, 0.3) is 5.91 Å². The van der Waals surface area contributed by atoms with Crippen LogP contribution in [0.3, 0.4) is 0 Å². The zero-order chi connectivity index (χ0) is 13.8. The molecule has 4 nitrogen and oxygen atoms in total. The van der Waals surface area contributed by atoms with E-state index in [-0.39, 0.29) is 11.9 Å². The van der Waals surface area contributed by atoms with E-state index in [2.05, 4.69) is 4.98 Å². The number of nitrogens with two attached hydrogens (primary N) is 1. The maximum absolute atomic E-state index is 12.4. The molecule has 0 radical (unpaired) electrons. The van der Waals surface area contributed by atoms with Gasteiger partial charge in [0.15, 0.2) is 5.69 Å². The van der Waals surface area contributed by atoms with Crippen LogP contribution in [0.25, 0.3) is 0 Å². The Hall–Kier alpha value is -2.36. The number of carbonyl (C=O) groups is 1. The summed E-state index contributed by atoms with van der Waals surface area (Å²) in [6.45, 7) is 1.98. The molecule has 0 aliphatic carbocycles. The van der Waals surface area contributed by atoms with Gasteiger partial charge in [-0.25, -0.2) is 4.98 Å². The quantitative estimate of drug-likeness (QED) is 0.916. The molecule has 1 amide bonds. The van der Waals surface area contributed by atoms with Crippen molar-refractivity contribution >= 4 is 11.6 Å². The summed E-state index contributed by atoms with van der Waals surface area (Å²) in [7, 11) is 1.76. The van der Waals surface area contributed by atoms with Gasteiger partial charge in [-0.3, -0.25) is 4.79 Å². The van der Waals surface area contributed by atoms with Crippen molar-refractivity contribution in [2.75, 3.05) is 12.8 Å². The monoisotopic (exact) mass is 255 g/mol. The summed E-state index contributed by atoms with van der Waals surface area (Å²) in [5, 5.41) is 0. The highest BCUT2D eigenvalue weighted by Gasteiger charge is 2.21. The van der Waals surface area contributed by atoms with Crippen LogP contribution in [-0.2, 0) is 0 Å². The maximum atomic E-state index is 12.4. The number of carbonyl (C=O) groups excluding carboxylic acids is 1. The molecular weight excluding hydrogens is 238 g/mol. The fourth-order valence-electron chi connectivity index (χ4n) is 1.89. The lowest BCUT2D eigenvalue weighted by molar-refractivity contribution is 0.0738. The molecular formula is C15H17N3O. The number of hydrogen-bond donors (Lipinski definition) is 1. The van der Waals surface area contributed by atoms with Gasteiger partial charge in [-0.05, 0) is 24.6 Å². The molecule has 0 saturated carbocycles. The Kier molecular flexibility index (Phi) is 3.80. The van der Waals surface area contributed by atoms with Gasteiger partial charge < -0.3 is 10.6 Å². The molecule has 0 saturated heterocycles. The summed E-state index contributed by atoms with van der Waals surface area (Å²) in [6.07, 6.45) is 1.57. The predicted molar refractivity (Wildman–Crippen MR) is 75.6 cm³/mol. The lowest BCUT2D eigenvalue weighted by Crippen LogP contribution is -2.30. The Balaban J connectivity index is 2.23. The Morgan fingerprint density at radius 3 is 2.53 bits per heavy atom. The number of hydrogen-bond acceptors (Lipinski definition) is 3. The van der Waals surface area contributed by atoms with E-state index in [1.54, 1.807) is 30.3 Å². The fourth-order valence-corrected chi connectivity index (χ4v) is 1.89. The van der Waals surface area contributed by atoms with Crippen LogP contribution in [0, 0.1) is 0 Å².